The zero-order chi connectivity index (χ0) is 12.3. The molecule has 0 unspecified atom stereocenters. The standard InChI is InChI=1S/C7H5NO3S.CH2O3.Na/c9-7-5-3-1-2-4-6(5)12(10,11)8-7;2-1(3)4;/h1-4H,(H,8,9);(H2,2,3,4);/q;;+1/p-1. The summed E-state index contributed by atoms with van der Waals surface area (Å²) in [5, 5.41) is 15.3. The van der Waals surface area contributed by atoms with Crippen LogP contribution >= 0.6 is 0 Å². The van der Waals surface area contributed by atoms with Crippen molar-refractivity contribution >= 4 is 22.1 Å². The third-order valence-corrected chi connectivity index (χ3v) is 3.04. The van der Waals surface area contributed by atoms with E-state index in [0.29, 0.717) is 0 Å². The van der Waals surface area contributed by atoms with Crippen molar-refractivity contribution in [1.29, 1.82) is 0 Å². The van der Waals surface area contributed by atoms with E-state index in [1.807, 2.05) is 4.72 Å². The average Bonchev–Trinajstić information content (AvgIpc) is 2.38. The largest absolute Gasteiger partial charge is 1.00 e. The number of rotatable bonds is 0. The van der Waals surface area contributed by atoms with Gasteiger partial charge in [0.25, 0.3) is 15.9 Å². The Labute approximate surface area is 119 Å². The van der Waals surface area contributed by atoms with Crippen molar-refractivity contribution < 1.29 is 57.8 Å². The average molecular weight is 267 g/mol. The van der Waals surface area contributed by atoms with Gasteiger partial charge in [0.1, 0.15) is 4.90 Å². The summed E-state index contributed by atoms with van der Waals surface area (Å²) in [7, 11) is -3.55. The van der Waals surface area contributed by atoms with Gasteiger partial charge in [-0.05, 0) is 12.1 Å². The van der Waals surface area contributed by atoms with Crippen molar-refractivity contribution in [3.63, 3.8) is 0 Å². The maximum Gasteiger partial charge on any atom is 1.00 e. The van der Waals surface area contributed by atoms with Crippen LogP contribution in [0, 0.1) is 0 Å². The minimum absolute atomic E-state index is 0. The first-order valence-electron chi connectivity index (χ1n) is 3.90. The molecule has 0 bridgehead atoms. The van der Waals surface area contributed by atoms with Crippen LogP contribution in [0.25, 0.3) is 0 Å². The third-order valence-electron chi connectivity index (χ3n) is 1.65. The second-order valence-electron chi connectivity index (χ2n) is 2.70. The Bertz CT molecular complexity index is 537. The summed E-state index contributed by atoms with van der Waals surface area (Å²) in [5.74, 6) is -0.550. The fraction of sp³-hybridized carbons (Fsp3) is 0. The number of hydrogen-bond acceptors (Lipinski definition) is 5. The number of amides is 1. The number of carboxylic acid groups (broad SMARTS) is 2. The van der Waals surface area contributed by atoms with Crippen LogP contribution in [0.3, 0.4) is 0 Å². The quantitative estimate of drug-likeness (QED) is 0.462. The molecule has 0 atom stereocenters. The van der Waals surface area contributed by atoms with E-state index >= 15 is 0 Å². The van der Waals surface area contributed by atoms with Gasteiger partial charge >= 0.3 is 29.6 Å². The van der Waals surface area contributed by atoms with Crippen LogP contribution in [-0.2, 0) is 10.0 Å². The Kier molecular flexibility index (Phi) is 5.62. The first-order valence-corrected chi connectivity index (χ1v) is 5.39. The van der Waals surface area contributed by atoms with Gasteiger partial charge in [-0.15, -0.1) is 0 Å². The van der Waals surface area contributed by atoms with E-state index in [0.717, 1.165) is 0 Å². The summed E-state index contributed by atoms with van der Waals surface area (Å²) >= 11 is 0. The maximum atomic E-state index is 11.1. The minimum Gasteiger partial charge on any atom is -0.565 e. The summed E-state index contributed by atoms with van der Waals surface area (Å²) in [6.45, 7) is 0. The van der Waals surface area contributed by atoms with Crippen LogP contribution in [0.2, 0.25) is 0 Å². The molecule has 86 valence electrons. The van der Waals surface area contributed by atoms with E-state index < -0.39 is 22.1 Å². The molecule has 1 aliphatic rings. The molecular weight excluding hydrogens is 261 g/mol. The molecule has 1 aliphatic heterocycles. The predicted molar refractivity (Wildman–Crippen MR) is 49.1 cm³/mol. The molecule has 1 aromatic carbocycles. The van der Waals surface area contributed by atoms with Gasteiger partial charge in [0.15, 0.2) is 0 Å². The number of benzene rings is 1. The van der Waals surface area contributed by atoms with Gasteiger partial charge in [0.2, 0.25) is 6.16 Å². The van der Waals surface area contributed by atoms with Crippen LogP contribution in [0.15, 0.2) is 29.2 Å². The van der Waals surface area contributed by atoms with Gasteiger partial charge in [-0.25, -0.2) is 13.1 Å². The molecular formula is C8H6NNaO6S. The molecule has 1 amide bonds. The fourth-order valence-electron chi connectivity index (χ4n) is 1.12. The predicted octanol–water partition coefficient (Wildman–Crippen LogP) is -3.99. The van der Waals surface area contributed by atoms with Crippen LogP contribution in [0.4, 0.5) is 4.79 Å². The Balaban J connectivity index is 0.000000453. The van der Waals surface area contributed by atoms with Crippen LogP contribution < -0.4 is 39.4 Å². The number of hydrogen-bond donors (Lipinski definition) is 2. The summed E-state index contributed by atoms with van der Waals surface area (Å²) < 4.78 is 24.2. The number of sulfonamides is 1. The van der Waals surface area contributed by atoms with Gasteiger partial charge in [0, 0.05) is 0 Å². The topological polar surface area (TPSA) is 124 Å². The van der Waals surface area contributed by atoms with E-state index in [2.05, 4.69) is 0 Å². The molecule has 0 aliphatic carbocycles. The molecule has 7 nitrogen and oxygen atoms in total. The molecule has 0 saturated heterocycles. The third kappa shape index (κ3) is 4.00. The minimum atomic E-state index is -3.55. The molecule has 0 saturated carbocycles. The van der Waals surface area contributed by atoms with Gasteiger partial charge in [-0.1, -0.05) is 12.1 Å². The summed E-state index contributed by atoms with van der Waals surface area (Å²) in [5.41, 5.74) is 0.220. The molecule has 2 N–H and O–H groups in total. The van der Waals surface area contributed by atoms with E-state index in [-0.39, 0.29) is 40.0 Å². The summed E-state index contributed by atoms with van der Waals surface area (Å²) in [6, 6.07) is 6.09. The van der Waals surface area contributed by atoms with E-state index in [1.165, 1.54) is 12.1 Å². The van der Waals surface area contributed by atoms with Crippen molar-refractivity contribution in [2.75, 3.05) is 0 Å². The maximum absolute atomic E-state index is 11.1. The SMILES string of the molecule is O=C([O-])O.O=C1NS(=O)(=O)c2ccccc21.[Na+]. The Morgan fingerprint density at radius 3 is 2.24 bits per heavy atom. The number of fused-ring (bicyclic) bond motifs is 1. The second-order valence-corrected chi connectivity index (χ2v) is 4.35. The van der Waals surface area contributed by atoms with Crippen LogP contribution in [0.5, 0.6) is 0 Å². The van der Waals surface area contributed by atoms with Gasteiger partial charge < -0.3 is 15.0 Å². The van der Waals surface area contributed by atoms with Gasteiger partial charge in [0.05, 0.1) is 5.56 Å². The van der Waals surface area contributed by atoms with Crippen LogP contribution in [-0.4, -0.2) is 25.6 Å². The Morgan fingerprint density at radius 1 is 1.29 bits per heavy atom. The molecule has 1 aromatic rings. The zero-order valence-electron chi connectivity index (χ0n) is 8.71. The van der Waals surface area contributed by atoms with Gasteiger partial charge in [-0.2, -0.15) is 0 Å². The van der Waals surface area contributed by atoms with E-state index in [4.69, 9.17) is 15.0 Å². The first kappa shape index (κ1) is 15.9. The normalized spacial score (nSPS) is 14.5. The van der Waals surface area contributed by atoms with Crippen LogP contribution in [0.1, 0.15) is 10.4 Å². The number of carbonyl (C=O) groups is 2. The summed E-state index contributed by atoms with van der Waals surface area (Å²) in [4.78, 5) is 19.5. The molecule has 0 spiro atoms. The number of nitrogens with one attached hydrogen (secondary N) is 1. The van der Waals surface area contributed by atoms with Crippen molar-refractivity contribution in [2.45, 2.75) is 4.90 Å². The summed E-state index contributed by atoms with van der Waals surface area (Å²) in [6.07, 6.45) is -2.08. The van der Waals surface area contributed by atoms with Crippen molar-refractivity contribution in [3.05, 3.63) is 29.8 Å². The van der Waals surface area contributed by atoms with E-state index in [1.54, 1.807) is 12.1 Å². The van der Waals surface area contributed by atoms with E-state index in [9.17, 15) is 13.2 Å². The molecule has 9 heteroatoms. The second kappa shape index (κ2) is 6.01. The Morgan fingerprint density at radius 2 is 1.76 bits per heavy atom. The smallest absolute Gasteiger partial charge is 0.565 e. The first-order chi connectivity index (χ1) is 7.34. The molecule has 0 aromatic heterocycles. The molecule has 17 heavy (non-hydrogen) atoms. The van der Waals surface area contributed by atoms with Crippen molar-refractivity contribution in [1.82, 2.24) is 4.72 Å². The fourth-order valence-corrected chi connectivity index (χ4v) is 2.29. The monoisotopic (exact) mass is 267 g/mol. The molecule has 0 radical (unpaired) electrons. The molecule has 1 heterocycles. The van der Waals surface area contributed by atoms with Gasteiger partial charge in [-0.3, -0.25) is 4.79 Å². The Hall–Kier alpha value is -1.09. The zero-order valence-corrected chi connectivity index (χ0v) is 11.5. The molecule has 2 rings (SSSR count). The molecule has 0 fully saturated rings. The van der Waals surface area contributed by atoms with Crippen molar-refractivity contribution in [2.24, 2.45) is 0 Å². The number of carbonyl (C=O) groups excluding carboxylic acids is 1. The van der Waals surface area contributed by atoms with Crippen molar-refractivity contribution in [3.8, 4) is 0 Å².